The average Bonchev–Trinajstić information content (AvgIpc) is 3.60. The Kier molecular flexibility index (Phi) is 4.88. The highest BCUT2D eigenvalue weighted by Crippen LogP contribution is 2.69. The summed E-state index contributed by atoms with van der Waals surface area (Å²) in [7, 11) is 0. The van der Waals surface area contributed by atoms with Gasteiger partial charge in [-0.05, 0) is 136 Å². The van der Waals surface area contributed by atoms with Crippen LogP contribution < -0.4 is 4.74 Å². The molecule has 4 fully saturated rings. The Hall–Kier alpha value is -4.88. The zero-order valence-corrected chi connectivity index (χ0v) is 27.0. The van der Waals surface area contributed by atoms with Gasteiger partial charge in [0.1, 0.15) is 11.5 Å². The maximum Gasteiger partial charge on any atom is 0.131 e. The maximum atomic E-state index is 6.77. The number of para-hydroxylation sites is 1. The van der Waals surface area contributed by atoms with Gasteiger partial charge in [0.05, 0.1) is 5.41 Å². The molecule has 0 atom stereocenters. The summed E-state index contributed by atoms with van der Waals surface area (Å²) < 4.78 is 6.77. The van der Waals surface area contributed by atoms with E-state index in [-0.39, 0.29) is 10.8 Å². The van der Waals surface area contributed by atoms with E-state index in [1.807, 2.05) is 0 Å². The molecule has 1 aliphatic heterocycles. The summed E-state index contributed by atoms with van der Waals surface area (Å²) in [5.74, 6) is 5.36. The van der Waals surface area contributed by atoms with Gasteiger partial charge in [-0.25, -0.2) is 0 Å². The van der Waals surface area contributed by atoms with Crippen molar-refractivity contribution in [1.29, 1.82) is 0 Å². The van der Waals surface area contributed by atoms with Crippen molar-refractivity contribution < 1.29 is 4.74 Å². The molecule has 2 spiro atoms. The monoisotopic (exact) mass is 616 g/mol. The van der Waals surface area contributed by atoms with Crippen molar-refractivity contribution in [1.82, 2.24) is 0 Å². The summed E-state index contributed by atoms with van der Waals surface area (Å²) in [6, 6.07) is 50.9. The van der Waals surface area contributed by atoms with E-state index in [2.05, 4.69) is 133 Å². The highest BCUT2D eigenvalue weighted by molar-refractivity contribution is 5.96. The lowest BCUT2D eigenvalue weighted by Crippen LogP contribution is -2.56. The molecule has 0 unspecified atom stereocenters. The van der Waals surface area contributed by atoms with E-state index in [9.17, 15) is 0 Å². The molecule has 48 heavy (non-hydrogen) atoms. The summed E-state index contributed by atoms with van der Waals surface area (Å²) in [6.45, 7) is 0. The minimum atomic E-state index is -0.325. The maximum absolute atomic E-state index is 6.77. The third kappa shape index (κ3) is 2.98. The molecule has 6 aliphatic carbocycles. The molecule has 4 saturated carbocycles. The van der Waals surface area contributed by atoms with Gasteiger partial charge >= 0.3 is 0 Å². The molecule has 6 aromatic carbocycles. The van der Waals surface area contributed by atoms with Crippen LogP contribution in [0.1, 0.15) is 65.5 Å². The first-order valence-electron chi connectivity index (χ1n) is 18.1. The topological polar surface area (TPSA) is 9.23 Å². The van der Waals surface area contributed by atoms with Gasteiger partial charge < -0.3 is 4.74 Å². The zero-order chi connectivity index (χ0) is 31.2. The summed E-state index contributed by atoms with van der Waals surface area (Å²) in [4.78, 5) is 0. The minimum Gasteiger partial charge on any atom is -0.457 e. The molecular formula is C47H36O. The smallest absolute Gasteiger partial charge is 0.131 e. The van der Waals surface area contributed by atoms with E-state index < -0.39 is 0 Å². The quantitative estimate of drug-likeness (QED) is 0.178. The Labute approximate surface area is 282 Å². The second-order valence-corrected chi connectivity index (χ2v) is 15.6. The summed E-state index contributed by atoms with van der Waals surface area (Å²) in [6.07, 6.45) is 6.92. The predicted molar refractivity (Wildman–Crippen MR) is 193 cm³/mol. The van der Waals surface area contributed by atoms with E-state index in [0.717, 1.165) is 23.3 Å². The molecule has 0 amide bonds. The highest BCUT2D eigenvalue weighted by Gasteiger charge is 2.61. The Bertz CT molecular complexity index is 2270. The molecule has 0 N–H and O–H groups in total. The fourth-order valence-electron chi connectivity index (χ4n) is 12.4. The van der Waals surface area contributed by atoms with Gasteiger partial charge in [0, 0.05) is 16.5 Å². The van der Waals surface area contributed by atoms with Gasteiger partial charge in [-0.1, -0.05) is 109 Å². The molecule has 0 radical (unpaired) electrons. The van der Waals surface area contributed by atoms with Crippen LogP contribution in [0.3, 0.4) is 0 Å². The molecule has 230 valence electrons. The van der Waals surface area contributed by atoms with Gasteiger partial charge in [-0.15, -0.1) is 0 Å². The largest absolute Gasteiger partial charge is 0.457 e. The Morgan fingerprint density at radius 1 is 0.396 bits per heavy atom. The number of benzene rings is 6. The number of ether oxygens (including phenoxy) is 1. The first kappa shape index (κ1) is 26.1. The van der Waals surface area contributed by atoms with Crippen molar-refractivity contribution in [2.24, 2.45) is 23.7 Å². The molecule has 6 aromatic rings. The minimum absolute atomic E-state index is 0.0468. The van der Waals surface area contributed by atoms with Crippen LogP contribution in [-0.4, -0.2) is 0 Å². The van der Waals surface area contributed by atoms with E-state index in [4.69, 9.17) is 4.74 Å². The number of hydrogen-bond acceptors (Lipinski definition) is 1. The van der Waals surface area contributed by atoms with Crippen LogP contribution in [0.2, 0.25) is 0 Å². The van der Waals surface area contributed by atoms with Crippen LogP contribution in [0.15, 0.2) is 133 Å². The Morgan fingerprint density at radius 3 is 1.46 bits per heavy atom. The molecule has 7 aliphatic rings. The van der Waals surface area contributed by atoms with Crippen LogP contribution in [0.25, 0.3) is 33.4 Å². The van der Waals surface area contributed by atoms with Gasteiger partial charge in [-0.2, -0.15) is 0 Å². The molecule has 13 rings (SSSR count). The van der Waals surface area contributed by atoms with Gasteiger partial charge in [0.2, 0.25) is 0 Å². The zero-order valence-electron chi connectivity index (χ0n) is 27.0. The normalized spacial score (nSPS) is 26.8. The third-order valence-corrected chi connectivity index (χ3v) is 13.7. The molecule has 0 saturated heterocycles. The predicted octanol–water partition coefficient (Wildman–Crippen LogP) is 11.5. The second-order valence-electron chi connectivity index (χ2n) is 15.6. The van der Waals surface area contributed by atoms with Crippen molar-refractivity contribution in [3.63, 3.8) is 0 Å². The molecule has 4 bridgehead atoms. The van der Waals surface area contributed by atoms with E-state index in [1.165, 1.54) is 98.9 Å². The number of rotatable bonds is 1. The van der Waals surface area contributed by atoms with Gasteiger partial charge in [-0.3, -0.25) is 0 Å². The molecule has 1 heterocycles. The van der Waals surface area contributed by atoms with E-state index >= 15 is 0 Å². The number of hydrogen-bond donors (Lipinski definition) is 0. The highest BCUT2D eigenvalue weighted by atomic mass is 16.5. The van der Waals surface area contributed by atoms with Crippen molar-refractivity contribution in [3.8, 4) is 44.9 Å². The fourth-order valence-corrected chi connectivity index (χ4v) is 12.4. The molecule has 1 nitrogen and oxygen atoms in total. The van der Waals surface area contributed by atoms with Gasteiger partial charge in [0.25, 0.3) is 0 Å². The lowest BCUT2D eigenvalue weighted by Gasteiger charge is -2.63. The van der Waals surface area contributed by atoms with Crippen LogP contribution in [0, 0.1) is 23.7 Å². The van der Waals surface area contributed by atoms with E-state index in [1.54, 1.807) is 0 Å². The van der Waals surface area contributed by atoms with Crippen LogP contribution in [0.5, 0.6) is 11.5 Å². The Morgan fingerprint density at radius 2 is 0.854 bits per heavy atom. The summed E-state index contributed by atoms with van der Waals surface area (Å²) in [5, 5.41) is 0. The summed E-state index contributed by atoms with van der Waals surface area (Å²) >= 11 is 0. The van der Waals surface area contributed by atoms with Crippen LogP contribution in [-0.2, 0) is 10.8 Å². The van der Waals surface area contributed by atoms with Crippen molar-refractivity contribution >= 4 is 0 Å². The van der Waals surface area contributed by atoms with Crippen molar-refractivity contribution in [2.45, 2.75) is 42.9 Å². The lowest BCUT2D eigenvalue weighted by molar-refractivity contribution is -0.0452. The fraction of sp³-hybridized carbons (Fsp3) is 0.234. The summed E-state index contributed by atoms with van der Waals surface area (Å²) in [5.41, 5.74) is 16.2. The standard InChI is InChI=1S/C47H36O/c1-4-12-38-34(9-1)35-10-2-5-13-39(35)47(38)40-14-6-3-11-36(40)37-19-17-30(26-42(37)47)31-18-20-45-43(27-31)46(41-15-7-8-16-44(41)48-45)32-22-28-21-29(24-32)25-33(46)23-28/h1-20,26-29,32-33H,21-25H2. The molecular weight excluding hydrogens is 581 g/mol. The SMILES string of the molecule is c1ccc2c(c1)Oc1ccc(-c3ccc4c(c3)C3(c5ccccc5-c5ccccc53)c3ccccc3-4)cc1C21C2CC3CC(C2)CC1C3. The van der Waals surface area contributed by atoms with Crippen LogP contribution in [0.4, 0.5) is 0 Å². The molecule has 1 heteroatoms. The van der Waals surface area contributed by atoms with Crippen molar-refractivity contribution in [3.05, 3.63) is 167 Å². The van der Waals surface area contributed by atoms with Crippen molar-refractivity contribution in [2.75, 3.05) is 0 Å². The number of fused-ring (bicyclic) bond motifs is 12. The van der Waals surface area contributed by atoms with E-state index in [0.29, 0.717) is 11.8 Å². The Balaban J connectivity index is 1.09. The van der Waals surface area contributed by atoms with Gasteiger partial charge in [0.15, 0.2) is 0 Å². The second kappa shape index (κ2) is 8.97. The molecule has 0 aromatic heterocycles. The average molecular weight is 617 g/mol. The van der Waals surface area contributed by atoms with Crippen LogP contribution >= 0.6 is 0 Å². The first-order valence-corrected chi connectivity index (χ1v) is 18.1. The third-order valence-electron chi connectivity index (χ3n) is 13.7. The first-order chi connectivity index (χ1) is 23.7. The lowest BCUT2D eigenvalue weighted by atomic mass is 9.41.